The van der Waals surface area contributed by atoms with Crippen molar-refractivity contribution in [1.82, 2.24) is 5.32 Å². The molecule has 1 amide bonds. The average molecular weight is 480 g/mol. The van der Waals surface area contributed by atoms with Crippen LogP contribution in [0.25, 0.3) is 0 Å². The Morgan fingerprint density at radius 1 is 1.06 bits per heavy atom. The van der Waals surface area contributed by atoms with Crippen LogP contribution in [0, 0.1) is 0 Å². The molecule has 6 nitrogen and oxygen atoms in total. The Kier molecular flexibility index (Phi) is 9.42. The van der Waals surface area contributed by atoms with Crippen LogP contribution in [0.4, 0.5) is 4.79 Å². The van der Waals surface area contributed by atoms with Crippen molar-refractivity contribution in [1.29, 1.82) is 0 Å². The number of carbonyl (C=O) groups is 2. The summed E-state index contributed by atoms with van der Waals surface area (Å²) in [6.45, 7) is 5.57. The molecule has 0 saturated carbocycles. The fourth-order valence-corrected chi connectivity index (χ4v) is 3.20. The maximum atomic E-state index is 12.2. The maximum Gasteiger partial charge on any atom is 0.408 e. The van der Waals surface area contributed by atoms with Gasteiger partial charge in [-0.05, 0) is 57.0 Å². The van der Waals surface area contributed by atoms with E-state index in [1.807, 2.05) is 24.3 Å². The van der Waals surface area contributed by atoms with Gasteiger partial charge in [0.05, 0.1) is 13.2 Å². The van der Waals surface area contributed by atoms with Crippen LogP contribution in [0.1, 0.15) is 31.9 Å². The van der Waals surface area contributed by atoms with E-state index in [0.29, 0.717) is 22.2 Å². The Balaban J connectivity index is 2.04. The van der Waals surface area contributed by atoms with E-state index in [-0.39, 0.29) is 6.61 Å². The van der Waals surface area contributed by atoms with E-state index in [0.717, 1.165) is 11.1 Å². The Hall–Kier alpha value is -2.70. The highest BCUT2D eigenvalue weighted by Gasteiger charge is 2.19. The van der Waals surface area contributed by atoms with Gasteiger partial charge in [-0.3, -0.25) is 0 Å². The van der Waals surface area contributed by atoms with Gasteiger partial charge in [0, 0.05) is 21.7 Å². The molecule has 1 N–H and O–H groups in total. The summed E-state index contributed by atoms with van der Waals surface area (Å²) >= 11 is 12.3. The summed E-state index contributed by atoms with van der Waals surface area (Å²) in [7, 11) is 1.29. The Morgan fingerprint density at radius 3 is 2.25 bits per heavy atom. The third kappa shape index (κ3) is 8.81. The SMILES string of the molecule is COC(=O)/C=C/[C@H](Cc1ccc(OCc2c(Cl)cccc2Cl)cc1)NC(=O)OC(C)(C)C. The second-order valence-corrected chi connectivity index (χ2v) is 8.79. The van der Waals surface area contributed by atoms with Gasteiger partial charge in [0.1, 0.15) is 18.0 Å². The standard InChI is InChI=1S/C24H27Cl2NO5/c1-24(2,3)32-23(29)27-17(10-13-22(28)30-4)14-16-8-11-18(12-9-16)31-15-19-20(25)6-5-7-21(19)26/h5-13,17H,14-15H2,1-4H3,(H,27,29)/b13-10+/t17-/m1/s1. The molecule has 0 heterocycles. The smallest absolute Gasteiger partial charge is 0.408 e. The summed E-state index contributed by atoms with van der Waals surface area (Å²) in [5.41, 5.74) is 1.00. The summed E-state index contributed by atoms with van der Waals surface area (Å²) in [4.78, 5) is 23.7. The lowest BCUT2D eigenvalue weighted by Crippen LogP contribution is -2.39. The molecule has 0 aliphatic carbocycles. The van der Waals surface area contributed by atoms with E-state index >= 15 is 0 Å². The molecule has 0 spiro atoms. The second-order valence-electron chi connectivity index (χ2n) is 7.97. The molecule has 0 radical (unpaired) electrons. The zero-order chi connectivity index (χ0) is 23.7. The molecule has 0 aliphatic rings. The van der Waals surface area contributed by atoms with Gasteiger partial charge in [0.25, 0.3) is 0 Å². The molecule has 0 fully saturated rings. The zero-order valence-corrected chi connectivity index (χ0v) is 20.0. The van der Waals surface area contributed by atoms with Crippen LogP contribution >= 0.6 is 23.2 Å². The Morgan fingerprint density at radius 2 is 1.69 bits per heavy atom. The summed E-state index contributed by atoms with van der Waals surface area (Å²) in [6, 6.07) is 12.2. The van der Waals surface area contributed by atoms with Crippen LogP contribution in [0.2, 0.25) is 10.0 Å². The normalized spacial score (nSPS) is 12.3. The number of esters is 1. The van der Waals surface area contributed by atoms with Crippen molar-refractivity contribution in [3.8, 4) is 5.75 Å². The van der Waals surface area contributed by atoms with Crippen molar-refractivity contribution in [3.63, 3.8) is 0 Å². The minimum absolute atomic E-state index is 0.239. The fourth-order valence-electron chi connectivity index (χ4n) is 2.69. The van der Waals surface area contributed by atoms with E-state index in [4.69, 9.17) is 32.7 Å². The number of carbonyl (C=O) groups excluding carboxylic acids is 2. The molecular weight excluding hydrogens is 453 g/mol. The molecule has 0 bridgehead atoms. The van der Waals surface area contributed by atoms with Crippen molar-refractivity contribution < 1.29 is 23.8 Å². The Labute approximate surface area is 198 Å². The van der Waals surface area contributed by atoms with Crippen molar-refractivity contribution in [2.24, 2.45) is 0 Å². The van der Waals surface area contributed by atoms with Gasteiger partial charge in [-0.2, -0.15) is 0 Å². The molecule has 0 aliphatic heterocycles. The fraction of sp³-hybridized carbons (Fsp3) is 0.333. The molecule has 1 atom stereocenters. The Bertz CT molecular complexity index is 932. The number of ether oxygens (including phenoxy) is 3. The second kappa shape index (κ2) is 11.8. The average Bonchev–Trinajstić information content (AvgIpc) is 2.71. The quantitative estimate of drug-likeness (QED) is 0.386. The molecule has 2 rings (SSSR count). The largest absolute Gasteiger partial charge is 0.489 e. The van der Waals surface area contributed by atoms with Gasteiger partial charge in [0.15, 0.2) is 0 Å². The molecule has 0 unspecified atom stereocenters. The van der Waals surface area contributed by atoms with E-state index in [1.54, 1.807) is 45.0 Å². The van der Waals surface area contributed by atoms with Crippen LogP contribution < -0.4 is 10.1 Å². The number of rotatable bonds is 8. The molecule has 0 saturated heterocycles. The van der Waals surface area contributed by atoms with E-state index in [9.17, 15) is 9.59 Å². The number of halogens is 2. The predicted molar refractivity (Wildman–Crippen MR) is 125 cm³/mol. The van der Waals surface area contributed by atoms with Gasteiger partial charge >= 0.3 is 12.1 Å². The van der Waals surface area contributed by atoms with Gasteiger partial charge < -0.3 is 19.5 Å². The molecule has 2 aromatic rings. The first-order valence-electron chi connectivity index (χ1n) is 9.97. The highest BCUT2D eigenvalue weighted by Crippen LogP contribution is 2.26. The highest BCUT2D eigenvalue weighted by atomic mass is 35.5. The first-order valence-corrected chi connectivity index (χ1v) is 10.7. The topological polar surface area (TPSA) is 73.9 Å². The lowest BCUT2D eigenvalue weighted by atomic mass is 10.1. The minimum atomic E-state index is -0.635. The molecule has 0 aromatic heterocycles. The lowest BCUT2D eigenvalue weighted by Gasteiger charge is -2.22. The highest BCUT2D eigenvalue weighted by molar-refractivity contribution is 6.35. The van der Waals surface area contributed by atoms with E-state index < -0.39 is 23.7 Å². The molecular formula is C24H27Cl2NO5. The van der Waals surface area contributed by atoms with Crippen LogP contribution in [-0.4, -0.2) is 30.8 Å². The van der Waals surface area contributed by atoms with Gasteiger partial charge in [-0.15, -0.1) is 0 Å². The van der Waals surface area contributed by atoms with Crippen molar-refractivity contribution in [2.75, 3.05) is 7.11 Å². The van der Waals surface area contributed by atoms with Crippen LogP contribution in [0.5, 0.6) is 5.75 Å². The number of alkyl carbamates (subject to hydrolysis) is 1. The molecule has 172 valence electrons. The predicted octanol–water partition coefficient (Wildman–Crippen LogP) is 5.74. The van der Waals surface area contributed by atoms with Gasteiger partial charge in [-0.25, -0.2) is 9.59 Å². The van der Waals surface area contributed by atoms with Crippen LogP contribution in [0.3, 0.4) is 0 Å². The maximum absolute atomic E-state index is 12.2. The first-order chi connectivity index (χ1) is 15.1. The summed E-state index contributed by atoms with van der Waals surface area (Å²) < 4.78 is 15.7. The number of nitrogens with one attached hydrogen (secondary N) is 1. The van der Waals surface area contributed by atoms with Gasteiger partial charge in [0.2, 0.25) is 0 Å². The zero-order valence-electron chi connectivity index (χ0n) is 18.5. The number of benzene rings is 2. The van der Waals surface area contributed by atoms with E-state index in [2.05, 4.69) is 10.1 Å². The van der Waals surface area contributed by atoms with Crippen molar-refractivity contribution in [3.05, 3.63) is 75.8 Å². The third-order valence-corrected chi connectivity index (χ3v) is 4.90. The summed E-state index contributed by atoms with van der Waals surface area (Å²) in [5.74, 6) is 0.134. The summed E-state index contributed by atoms with van der Waals surface area (Å²) in [5, 5.41) is 3.85. The number of methoxy groups -OCH3 is 1. The number of hydrogen-bond donors (Lipinski definition) is 1. The lowest BCUT2D eigenvalue weighted by molar-refractivity contribution is -0.134. The first kappa shape index (κ1) is 25.6. The molecule has 8 heteroatoms. The minimum Gasteiger partial charge on any atom is -0.489 e. The van der Waals surface area contributed by atoms with Crippen molar-refractivity contribution in [2.45, 2.75) is 45.4 Å². The van der Waals surface area contributed by atoms with Crippen LogP contribution in [-0.2, 0) is 27.3 Å². The van der Waals surface area contributed by atoms with Crippen molar-refractivity contribution >= 4 is 35.3 Å². The number of hydrogen-bond acceptors (Lipinski definition) is 5. The van der Waals surface area contributed by atoms with Crippen LogP contribution in [0.15, 0.2) is 54.6 Å². The summed E-state index contributed by atoms with van der Waals surface area (Å²) in [6.07, 6.45) is 2.70. The van der Waals surface area contributed by atoms with E-state index in [1.165, 1.54) is 13.2 Å². The number of amides is 1. The molecule has 32 heavy (non-hydrogen) atoms. The monoisotopic (exact) mass is 479 g/mol. The third-order valence-electron chi connectivity index (χ3n) is 4.19. The molecule has 2 aromatic carbocycles. The van der Waals surface area contributed by atoms with Gasteiger partial charge in [-0.1, -0.05) is 47.5 Å².